The second kappa shape index (κ2) is 7.84. The third kappa shape index (κ3) is 4.34. The number of nitrogens with zero attached hydrogens (tertiary/aromatic N) is 2. The van der Waals surface area contributed by atoms with E-state index in [9.17, 15) is 4.79 Å². The number of benzene rings is 2. The fraction of sp³-hybridized carbons (Fsp3) is 0.333. The highest BCUT2D eigenvalue weighted by Crippen LogP contribution is 2.46. The molecule has 1 aliphatic rings. The van der Waals surface area contributed by atoms with Gasteiger partial charge in [-0.15, -0.1) is 0 Å². The second-order valence-electron chi connectivity index (χ2n) is 9.83. The highest BCUT2D eigenvalue weighted by atomic mass is 16.4. The molecule has 4 rings (SSSR count). The average Bonchev–Trinajstić information content (AvgIpc) is 3.23. The SMILES string of the molecule is CC1(C)CCC(C)(C)c2cc(Cn3cccn3)c(/C=C/c3ccc(C(=O)O)cc3)cc21. The van der Waals surface area contributed by atoms with Gasteiger partial charge in [0.05, 0.1) is 12.1 Å². The van der Waals surface area contributed by atoms with Gasteiger partial charge in [0.2, 0.25) is 0 Å². The van der Waals surface area contributed by atoms with Crippen LogP contribution in [-0.4, -0.2) is 20.9 Å². The van der Waals surface area contributed by atoms with Crippen molar-refractivity contribution in [2.75, 3.05) is 0 Å². The Labute approximate surface area is 184 Å². The lowest BCUT2D eigenvalue weighted by Gasteiger charge is -2.42. The lowest BCUT2D eigenvalue weighted by Crippen LogP contribution is -2.34. The summed E-state index contributed by atoms with van der Waals surface area (Å²) in [6, 6.07) is 13.7. The smallest absolute Gasteiger partial charge is 0.335 e. The van der Waals surface area contributed by atoms with Crippen LogP contribution in [0.3, 0.4) is 0 Å². The summed E-state index contributed by atoms with van der Waals surface area (Å²) in [4.78, 5) is 11.1. The van der Waals surface area contributed by atoms with E-state index in [4.69, 9.17) is 5.11 Å². The molecule has 4 nitrogen and oxygen atoms in total. The molecule has 2 aromatic carbocycles. The monoisotopic (exact) mass is 414 g/mol. The molecule has 0 bridgehead atoms. The molecule has 0 fully saturated rings. The summed E-state index contributed by atoms with van der Waals surface area (Å²) in [5.74, 6) is -0.906. The van der Waals surface area contributed by atoms with E-state index in [-0.39, 0.29) is 10.8 Å². The third-order valence-electron chi connectivity index (χ3n) is 6.62. The van der Waals surface area contributed by atoms with E-state index in [1.807, 2.05) is 35.3 Å². The normalized spacial score (nSPS) is 16.9. The minimum absolute atomic E-state index is 0.140. The van der Waals surface area contributed by atoms with Gasteiger partial charge in [-0.05, 0) is 69.7 Å². The van der Waals surface area contributed by atoms with Gasteiger partial charge in [0, 0.05) is 12.4 Å². The van der Waals surface area contributed by atoms with Gasteiger partial charge in [0.1, 0.15) is 0 Å². The minimum Gasteiger partial charge on any atom is -0.478 e. The van der Waals surface area contributed by atoms with Crippen molar-refractivity contribution >= 4 is 18.1 Å². The number of carbonyl (C=O) groups is 1. The molecular formula is C27H30N2O2. The van der Waals surface area contributed by atoms with E-state index >= 15 is 0 Å². The van der Waals surface area contributed by atoms with E-state index < -0.39 is 5.97 Å². The minimum atomic E-state index is -0.906. The zero-order chi connectivity index (χ0) is 22.2. The largest absolute Gasteiger partial charge is 0.478 e. The first-order valence-electron chi connectivity index (χ1n) is 10.8. The molecule has 160 valence electrons. The lowest BCUT2D eigenvalue weighted by molar-refractivity contribution is 0.0697. The molecule has 4 heteroatoms. The van der Waals surface area contributed by atoms with Gasteiger partial charge in [-0.1, -0.05) is 64.1 Å². The zero-order valence-electron chi connectivity index (χ0n) is 18.7. The number of fused-ring (bicyclic) bond motifs is 1. The van der Waals surface area contributed by atoms with Gasteiger partial charge in [-0.2, -0.15) is 5.10 Å². The molecule has 0 amide bonds. The predicted molar refractivity (Wildman–Crippen MR) is 125 cm³/mol. The quantitative estimate of drug-likeness (QED) is 0.510. The molecule has 0 atom stereocenters. The number of hydrogen-bond donors (Lipinski definition) is 1. The molecule has 1 aromatic heterocycles. The topological polar surface area (TPSA) is 55.1 Å². The first-order valence-corrected chi connectivity index (χ1v) is 10.8. The van der Waals surface area contributed by atoms with Crippen LogP contribution in [0, 0.1) is 0 Å². The van der Waals surface area contributed by atoms with Crippen LogP contribution in [0.4, 0.5) is 0 Å². The first-order chi connectivity index (χ1) is 14.7. The van der Waals surface area contributed by atoms with Crippen LogP contribution in [0.1, 0.15) is 78.7 Å². The van der Waals surface area contributed by atoms with Gasteiger partial charge in [0.25, 0.3) is 0 Å². The Balaban J connectivity index is 1.78. The Bertz CT molecular complexity index is 1120. The van der Waals surface area contributed by atoms with Crippen molar-refractivity contribution in [3.8, 4) is 0 Å². The number of carboxylic acid groups (broad SMARTS) is 1. The highest BCUT2D eigenvalue weighted by Gasteiger charge is 2.37. The standard InChI is InChI=1S/C27H30N2O2/c1-26(2)12-13-27(3,4)24-17-22(18-29-15-5-14-28-29)21(16-23(24)26)11-8-19-6-9-20(10-7-19)25(30)31/h5-11,14-17H,12-13,18H2,1-4H3,(H,30,31)/b11-8+. The summed E-state index contributed by atoms with van der Waals surface area (Å²) in [7, 11) is 0. The van der Waals surface area contributed by atoms with E-state index in [1.54, 1.807) is 12.1 Å². The second-order valence-corrected chi connectivity index (χ2v) is 9.83. The first kappa shape index (κ1) is 21.1. The number of rotatable bonds is 5. The van der Waals surface area contributed by atoms with Crippen molar-refractivity contribution in [2.24, 2.45) is 0 Å². The van der Waals surface area contributed by atoms with Crippen molar-refractivity contribution < 1.29 is 9.90 Å². The van der Waals surface area contributed by atoms with E-state index in [0.29, 0.717) is 12.1 Å². The molecule has 1 heterocycles. The number of aromatic nitrogens is 2. The fourth-order valence-corrected chi connectivity index (χ4v) is 4.46. The van der Waals surface area contributed by atoms with Crippen LogP contribution in [0.15, 0.2) is 54.9 Å². The van der Waals surface area contributed by atoms with Gasteiger partial charge < -0.3 is 5.11 Å². The molecule has 0 saturated heterocycles. The maximum Gasteiger partial charge on any atom is 0.335 e. The van der Waals surface area contributed by atoms with E-state index in [2.05, 4.69) is 57.1 Å². The van der Waals surface area contributed by atoms with Crippen molar-refractivity contribution in [1.82, 2.24) is 9.78 Å². The molecule has 0 unspecified atom stereocenters. The zero-order valence-corrected chi connectivity index (χ0v) is 18.7. The Morgan fingerprint density at radius 3 is 2.26 bits per heavy atom. The number of aromatic carboxylic acids is 1. The highest BCUT2D eigenvalue weighted by molar-refractivity contribution is 5.88. The maximum absolute atomic E-state index is 11.1. The summed E-state index contributed by atoms with van der Waals surface area (Å²) >= 11 is 0. The number of carboxylic acids is 1. The van der Waals surface area contributed by atoms with Crippen molar-refractivity contribution in [2.45, 2.75) is 57.9 Å². The maximum atomic E-state index is 11.1. The van der Waals surface area contributed by atoms with Crippen LogP contribution >= 0.6 is 0 Å². The van der Waals surface area contributed by atoms with Crippen molar-refractivity contribution in [3.63, 3.8) is 0 Å². The summed E-state index contributed by atoms with van der Waals surface area (Å²) in [5, 5.41) is 13.5. The third-order valence-corrected chi connectivity index (χ3v) is 6.62. The number of hydrogen-bond acceptors (Lipinski definition) is 2. The summed E-state index contributed by atoms with van der Waals surface area (Å²) in [6.45, 7) is 10.1. The van der Waals surface area contributed by atoms with Crippen LogP contribution in [-0.2, 0) is 17.4 Å². The van der Waals surface area contributed by atoms with Gasteiger partial charge >= 0.3 is 5.97 Å². The molecular weight excluding hydrogens is 384 g/mol. The van der Waals surface area contributed by atoms with Crippen LogP contribution in [0.2, 0.25) is 0 Å². The Morgan fingerprint density at radius 2 is 1.68 bits per heavy atom. The van der Waals surface area contributed by atoms with E-state index in [1.165, 1.54) is 35.1 Å². The molecule has 1 N–H and O–H groups in total. The summed E-state index contributed by atoms with van der Waals surface area (Å²) in [5.41, 5.74) is 6.86. The molecule has 1 aliphatic carbocycles. The Hall–Kier alpha value is -3.14. The summed E-state index contributed by atoms with van der Waals surface area (Å²) < 4.78 is 1.96. The van der Waals surface area contributed by atoms with Crippen LogP contribution < -0.4 is 0 Å². The average molecular weight is 415 g/mol. The fourth-order valence-electron chi connectivity index (χ4n) is 4.46. The molecule has 3 aromatic rings. The van der Waals surface area contributed by atoms with Crippen molar-refractivity contribution in [3.05, 3.63) is 88.2 Å². The molecule has 0 spiro atoms. The Kier molecular flexibility index (Phi) is 5.34. The van der Waals surface area contributed by atoms with Gasteiger partial charge in [0.15, 0.2) is 0 Å². The molecule has 0 saturated carbocycles. The predicted octanol–water partition coefficient (Wildman–Crippen LogP) is 6.15. The van der Waals surface area contributed by atoms with Gasteiger partial charge in [-0.25, -0.2) is 4.79 Å². The van der Waals surface area contributed by atoms with Crippen molar-refractivity contribution in [1.29, 1.82) is 0 Å². The van der Waals surface area contributed by atoms with E-state index in [0.717, 1.165) is 5.56 Å². The molecule has 0 aliphatic heterocycles. The molecule has 31 heavy (non-hydrogen) atoms. The molecule has 0 radical (unpaired) electrons. The summed E-state index contributed by atoms with van der Waals surface area (Å²) in [6.07, 6.45) is 10.4. The van der Waals surface area contributed by atoms with Crippen LogP contribution in [0.25, 0.3) is 12.2 Å². The lowest BCUT2D eigenvalue weighted by atomic mass is 9.62. The van der Waals surface area contributed by atoms with Gasteiger partial charge in [-0.3, -0.25) is 4.68 Å². The van der Waals surface area contributed by atoms with Crippen LogP contribution in [0.5, 0.6) is 0 Å². The Morgan fingerprint density at radius 1 is 1.03 bits per heavy atom.